The summed E-state index contributed by atoms with van der Waals surface area (Å²) in [5.41, 5.74) is 5.96. The van der Waals surface area contributed by atoms with Gasteiger partial charge in [0.05, 0.1) is 12.7 Å². The van der Waals surface area contributed by atoms with Crippen molar-refractivity contribution in [3.8, 4) is 0 Å². The van der Waals surface area contributed by atoms with Crippen LogP contribution in [0.5, 0.6) is 0 Å². The predicted molar refractivity (Wildman–Crippen MR) is 63.9 cm³/mol. The summed E-state index contributed by atoms with van der Waals surface area (Å²) in [6.07, 6.45) is 1.76. The number of aliphatic hydroxyl groups is 1. The molecule has 0 aromatic carbocycles. The summed E-state index contributed by atoms with van der Waals surface area (Å²) in [7, 11) is 0. The van der Waals surface area contributed by atoms with Crippen molar-refractivity contribution in [1.29, 1.82) is 0 Å². The Balaban J connectivity index is 0.000000980. The zero-order valence-electron chi connectivity index (χ0n) is 8.67. The van der Waals surface area contributed by atoms with Crippen LogP contribution < -0.4 is 5.73 Å². The topological polar surface area (TPSA) is 58.7 Å². The molecule has 0 radical (unpaired) electrons. The quantitative estimate of drug-likeness (QED) is 0.696. The Bertz CT molecular complexity index is 185. The Labute approximate surface area is 103 Å². The van der Waals surface area contributed by atoms with E-state index >= 15 is 0 Å². The fourth-order valence-corrected chi connectivity index (χ4v) is 2.27. The molecule has 0 spiro atoms. The van der Waals surface area contributed by atoms with Crippen molar-refractivity contribution in [3.05, 3.63) is 0 Å². The average Bonchev–Trinajstić information content (AvgIpc) is 2.53. The standard InChI is InChI=1S/C9H18N2O2.2ClH/c10-8-6-13-4-2-9(8)11-3-1-7(12)5-11;;/h7-9,12H,1-6,10H2;2*1H/t7?,8-,9-;;/m1../s1. The molecule has 0 saturated carbocycles. The Kier molecular flexibility index (Phi) is 7.08. The molecule has 6 heteroatoms. The van der Waals surface area contributed by atoms with E-state index in [1.165, 1.54) is 0 Å². The zero-order valence-corrected chi connectivity index (χ0v) is 10.3. The zero-order chi connectivity index (χ0) is 9.26. The Morgan fingerprint density at radius 1 is 1.27 bits per heavy atom. The van der Waals surface area contributed by atoms with Crippen LogP contribution in [0.15, 0.2) is 0 Å². The van der Waals surface area contributed by atoms with Crippen molar-refractivity contribution < 1.29 is 9.84 Å². The predicted octanol–water partition coefficient (Wildman–Crippen LogP) is 0.0128. The normalized spacial score (nSPS) is 36.8. The second kappa shape index (κ2) is 6.89. The number of likely N-dealkylation sites (tertiary alicyclic amines) is 1. The van der Waals surface area contributed by atoms with Gasteiger partial charge in [0.15, 0.2) is 0 Å². The summed E-state index contributed by atoms with van der Waals surface area (Å²) >= 11 is 0. The van der Waals surface area contributed by atoms with Gasteiger partial charge in [-0.2, -0.15) is 0 Å². The average molecular weight is 259 g/mol. The maximum atomic E-state index is 9.40. The molecule has 2 saturated heterocycles. The number of nitrogens with zero attached hydrogens (tertiary/aromatic N) is 1. The van der Waals surface area contributed by atoms with Crippen LogP contribution in [0, 0.1) is 0 Å². The fourth-order valence-electron chi connectivity index (χ4n) is 2.27. The first-order valence-corrected chi connectivity index (χ1v) is 5.03. The van der Waals surface area contributed by atoms with Gasteiger partial charge in [-0.25, -0.2) is 0 Å². The van der Waals surface area contributed by atoms with Gasteiger partial charge in [-0.05, 0) is 12.8 Å². The molecule has 2 fully saturated rings. The first kappa shape index (κ1) is 15.4. The third kappa shape index (κ3) is 3.73. The first-order chi connectivity index (χ1) is 6.27. The molecule has 15 heavy (non-hydrogen) atoms. The van der Waals surface area contributed by atoms with Crippen LogP contribution in [-0.4, -0.2) is 54.5 Å². The number of ether oxygens (including phenoxy) is 1. The molecule has 2 aliphatic rings. The second-order valence-corrected chi connectivity index (χ2v) is 4.03. The van der Waals surface area contributed by atoms with Crippen molar-refractivity contribution in [2.45, 2.75) is 31.0 Å². The molecule has 0 aromatic rings. The lowest BCUT2D eigenvalue weighted by Gasteiger charge is -2.35. The maximum Gasteiger partial charge on any atom is 0.0679 e. The molecule has 3 N–H and O–H groups in total. The number of hydrogen-bond donors (Lipinski definition) is 2. The van der Waals surface area contributed by atoms with Crippen LogP contribution >= 0.6 is 24.8 Å². The monoisotopic (exact) mass is 258 g/mol. The molecule has 4 nitrogen and oxygen atoms in total. The minimum atomic E-state index is -0.143. The summed E-state index contributed by atoms with van der Waals surface area (Å²) in [6, 6.07) is 0.546. The van der Waals surface area contributed by atoms with E-state index in [0.717, 1.165) is 32.5 Å². The van der Waals surface area contributed by atoms with Crippen molar-refractivity contribution in [1.82, 2.24) is 4.90 Å². The van der Waals surface area contributed by atoms with Gasteiger partial charge in [-0.3, -0.25) is 4.90 Å². The third-order valence-electron chi connectivity index (χ3n) is 3.03. The highest BCUT2D eigenvalue weighted by atomic mass is 35.5. The molecule has 0 aromatic heterocycles. The van der Waals surface area contributed by atoms with E-state index in [1.54, 1.807) is 0 Å². The van der Waals surface area contributed by atoms with E-state index in [1.807, 2.05) is 0 Å². The molecule has 2 aliphatic heterocycles. The maximum absolute atomic E-state index is 9.40. The van der Waals surface area contributed by atoms with E-state index in [2.05, 4.69) is 4.90 Å². The van der Waals surface area contributed by atoms with E-state index in [-0.39, 0.29) is 37.0 Å². The lowest BCUT2D eigenvalue weighted by atomic mass is 10.0. The van der Waals surface area contributed by atoms with Gasteiger partial charge in [-0.15, -0.1) is 24.8 Å². The highest BCUT2D eigenvalue weighted by Crippen LogP contribution is 2.19. The van der Waals surface area contributed by atoms with Gasteiger partial charge < -0.3 is 15.6 Å². The SMILES string of the molecule is Cl.Cl.N[C@@H]1COCC[C@H]1N1CCC(O)C1. The molecule has 2 heterocycles. The number of halogens is 2. The summed E-state index contributed by atoms with van der Waals surface area (Å²) < 4.78 is 5.28. The molecule has 92 valence electrons. The number of rotatable bonds is 1. The highest BCUT2D eigenvalue weighted by Gasteiger charge is 2.32. The van der Waals surface area contributed by atoms with Gasteiger partial charge in [0, 0.05) is 31.8 Å². The molecular formula is C9H20Cl2N2O2. The van der Waals surface area contributed by atoms with Crippen LogP contribution in [0.4, 0.5) is 0 Å². The molecule has 0 bridgehead atoms. The van der Waals surface area contributed by atoms with Gasteiger partial charge >= 0.3 is 0 Å². The summed E-state index contributed by atoms with van der Waals surface area (Å²) in [5.74, 6) is 0. The minimum absolute atomic E-state index is 0. The summed E-state index contributed by atoms with van der Waals surface area (Å²) in [4.78, 5) is 2.30. The van der Waals surface area contributed by atoms with Crippen molar-refractivity contribution in [2.24, 2.45) is 5.73 Å². The Hall–Kier alpha value is 0.420. The summed E-state index contributed by atoms with van der Waals surface area (Å²) in [5, 5.41) is 9.40. The largest absolute Gasteiger partial charge is 0.392 e. The van der Waals surface area contributed by atoms with Crippen LogP contribution in [0.2, 0.25) is 0 Å². The second-order valence-electron chi connectivity index (χ2n) is 4.03. The molecular weight excluding hydrogens is 239 g/mol. The van der Waals surface area contributed by atoms with E-state index in [9.17, 15) is 5.11 Å². The van der Waals surface area contributed by atoms with Crippen molar-refractivity contribution >= 4 is 24.8 Å². The van der Waals surface area contributed by atoms with Crippen LogP contribution in [-0.2, 0) is 4.74 Å². The molecule has 2 rings (SSSR count). The number of β-amino-alcohol motifs (C(OH)–C–C–N with tert-alkyl or cyclic N) is 1. The third-order valence-corrected chi connectivity index (χ3v) is 3.03. The van der Waals surface area contributed by atoms with E-state index in [4.69, 9.17) is 10.5 Å². The Morgan fingerprint density at radius 2 is 2.00 bits per heavy atom. The molecule has 3 atom stereocenters. The first-order valence-electron chi connectivity index (χ1n) is 5.03. The smallest absolute Gasteiger partial charge is 0.0679 e. The molecule has 0 aliphatic carbocycles. The van der Waals surface area contributed by atoms with Gasteiger partial charge in [0.2, 0.25) is 0 Å². The minimum Gasteiger partial charge on any atom is -0.392 e. The van der Waals surface area contributed by atoms with Crippen molar-refractivity contribution in [3.63, 3.8) is 0 Å². The van der Waals surface area contributed by atoms with E-state index in [0.29, 0.717) is 12.6 Å². The van der Waals surface area contributed by atoms with Gasteiger partial charge in [-0.1, -0.05) is 0 Å². The number of nitrogens with two attached hydrogens (primary N) is 1. The fraction of sp³-hybridized carbons (Fsp3) is 1.00. The van der Waals surface area contributed by atoms with Gasteiger partial charge in [0.25, 0.3) is 0 Å². The lowest BCUT2D eigenvalue weighted by Crippen LogP contribution is -2.52. The molecule has 1 unspecified atom stereocenters. The highest BCUT2D eigenvalue weighted by molar-refractivity contribution is 5.85. The lowest BCUT2D eigenvalue weighted by molar-refractivity contribution is 0.0216. The summed E-state index contributed by atoms with van der Waals surface area (Å²) in [6.45, 7) is 3.25. The van der Waals surface area contributed by atoms with Crippen LogP contribution in [0.25, 0.3) is 0 Å². The number of hydrogen-bond acceptors (Lipinski definition) is 4. The number of aliphatic hydroxyl groups excluding tert-OH is 1. The van der Waals surface area contributed by atoms with Crippen molar-refractivity contribution in [2.75, 3.05) is 26.3 Å². The van der Waals surface area contributed by atoms with E-state index < -0.39 is 0 Å². The Morgan fingerprint density at radius 3 is 2.53 bits per heavy atom. The van der Waals surface area contributed by atoms with Crippen LogP contribution in [0.1, 0.15) is 12.8 Å². The van der Waals surface area contributed by atoms with Crippen LogP contribution in [0.3, 0.4) is 0 Å². The van der Waals surface area contributed by atoms with Gasteiger partial charge in [0.1, 0.15) is 0 Å². The molecule has 0 amide bonds.